The van der Waals surface area contributed by atoms with Crippen LogP contribution in [0.15, 0.2) is 6.20 Å². The Hall–Kier alpha value is -1.07. The van der Waals surface area contributed by atoms with Gasteiger partial charge in [-0.1, -0.05) is 103 Å². The molecule has 0 radical (unpaired) electrons. The third-order valence-electron chi connectivity index (χ3n) is 5.55. The normalized spacial score (nSPS) is 12.5. The van der Waals surface area contributed by atoms with Gasteiger partial charge in [-0.2, -0.15) is 0 Å². The number of nitrogens with zero attached hydrogens (tertiary/aromatic N) is 1. The number of ether oxygens (including phenoxy) is 1. The monoisotopic (exact) mass is 409 g/mol. The summed E-state index contributed by atoms with van der Waals surface area (Å²) in [5, 5.41) is 9.93. The first-order valence-corrected chi connectivity index (χ1v) is 12.3. The number of aliphatic hydroxyl groups excluding tert-OH is 1. The third kappa shape index (κ3) is 16.4. The van der Waals surface area contributed by atoms with Gasteiger partial charge in [-0.25, -0.2) is 4.98 Å². The first-order chi connectivity index (χ1) is 14.2. The van der Waals surface area contributed by atoms with E-state index in [9.17, 15) is 5.11 Å². The van der Waals surface area contributed by atoms with Crippen LogP contribution in [0.4, 0.5) is 5.95 Å². The maximum absolute atomic E-state index is 9.93. The van der Waals surface area contributed by atoms with Crippen LogP contribution in [0.1, 0.15) is 115 Å². The summed E-state index contributed by atoms with van der Waals surface area (Å²) < 4.78 is 5.57. The number of aliphatic hydroxyl groups is 1. The Morgan fingerprint density at radius 1 is 0.862 bits per heavy atom. The van der Waals surface area contributed by atoms with E-state index in [1.165, 1.54) is 96.3 Å². The lowest BCUT2D eigenvalue weighted by Gasteiger charge is -2.09. The quantitative estimate of drug-likeness (QED) is 0.212. The van der Waals surface area contributed by atoms with Gasteiger partial charge in [0.1, 0.15) is 0 Å². The highest BCUT2D eigenvalue weighted by Gasteiger charge is 2.08. The molecule has 1 aromatic rings. The van der Waals surface area contributed by atoms with Crippen molar-refractivity contribution < 1.29 is 9.84 Å². The summed E-state index contributed by atoms with van der Waals surface area (Å²) in [5.74, 6) is 0.390. The highest BCUT2D eigenvalue weighted by molar-refractivity contribution is 5.18. The number of aromatic amines is 1. The smallest absolute Gasteiger partial charge is 0.197 e. The molecular formula is C24H47N3O2. The molecule has 0 aromatic carbocycles. The summed E-state index contributed by atoms with van der Waals surface area (Å²) in [5.41, 5.74) is 6.30. The van der Waals surface area contributed by atoms with E-state index < -0.39 is 6.10 Å². The average molecular weight is 410 g/mol. The topological polar surface area (TPSA) is 84.2 Å². The van der Waals surface area contributed by atoms with Crippen molar-refractivity contribution in [3.63, 3.8) is 0 Å². The second-order valence-electron chi connectivity index (χ2n) is 8.51. The summed E-state index contributed by atoms with van der Waals surface area (Å²) in [7, 11) is 0. The molecule has 5 heteroatoms. The Labute approximate surface area is 179 Å². The fraction of sp³-hybridized carbons (Fsp3) is 0.875. The Morgan fingerprint density at radius 3 is 1.79 bits per heavy atom. The lowest BCUT2D eigenvalue weighted by molar-refractivity contribution is 0.0351. The molecule has 1 atom stereocenters. The first kappa shape index (κ1) is 26.0. The van der Waals surface area contributed by atoms with Gasteiger partial charge in [-0.3, -0.25) is 0 Å². The van der Waals surface area contributed by atoms with Gasteiger partial charge < -0.3 is 20.6 Å². The van der Waals surface area contributed by atoms with E-state index in [-0.39, 0.29) is 0 Å². The minimum atomic E-state index is -0.515. The molecule has 0 saturated heterocycles. The standard InChI is InChI=1S/C24H47N3O2/c1-2-3-4-5-6-7-8-9-10-11-12-13-14-15-16-17-18-29-21-23(28)19-22-20-26-24(25)27-22/h20,23,28H,2-19,21H2,1H3,(H3,25,26,27). The number of nitrogen functional groups attached to an aromatic ring is 1. The Balaban J connectivity index is 1.73. The number of aromatic nitrogens is 2. The minimum absolute atomic E-state index is 0.367. The molecule has 0 aliphatic rings. The summed E-state index contributed by atoms with van der Waals surface area (Å²) >= 11 is 0. The van der Waals surface area contributed by atoms with Crippen LogP contribution in [-0.2, 0) is 11.2 Å². The van der Waals surface area contributed by atoms with Crippen molar-refractivity contribution in [2.75, 3.05) is 18.9 Å². The van der Waals surface area contributed by atoms with E-state index in [2.05, 4.69) is 16.9 Å². The molecule has 1 unspecified atom stereocenters. The zero-order valence-corrected chi connectivity index (χ0v) is 19.0. The number of H-pyrrole nitrogens is 1. The van der Waals surface area contributed by atoms with Gasteiger partial charge in [0.25, 0.3) is 0 Å². The molecule has 1 aromatic heterocycles. The van der Waals surface area contributed by atoms with E-state index in [1.54, 1.807) is 6.20 Å². The molecule has 0 aliphatic heterocycles. The number of nitrogens with one attached hydrogen (secondary N) is 1. The molecule has 0 aliphatic carbocycles. The van der Waals surface area contributed by atoms with Crippen LogP contribution in [-0.4, -0.2) is 34.4 Å². The van der Waals surface area contributed by atoms with Crippen LogP contribution in [0.5, 0.6) is 0 Å². The second kappa shape index (κ2) is 18.9. The summed E-state index contributed by atoms with van der Waals surface area (Å²) in [6.45, 7) is 3.38. The molecule has 29 heavy (non-hydrogen) atoms. The van der Waals surface area contributed by atoms with Crippen LogP contribution in [0.25, 0.3) is 0 Å². The van der Waals surface area contributed by atoms with Gasteiger partial charge in [0.05, 0.1) is 18.4 Å². The SMILES string of the molecule is CCCCCCCCCCCCCCCCCCOCC(O)Cc1c[nH]c(N)n1. The highest BCUT2D eigenvalue weighted by atomic mass is 16.5. The fourth-order valence-corrected chi connectivity index (χ4v) is 3.75. The van der Waals surface area contributed by atoms with Gasteiger partial charge in [-0.05, 0) is 6.42 Å². The Bertz CT molecular complexity index is 465. The van der Waals surface area contributed by atoms with E-state index >= 15 is 0 Å². The Morgan fingerprint density at radius 2 is 1.34 bits per heavy atom. The zero-order valence-electron chi connectivity index (χ0n) is 19.0. The molecule has 1 rings (SSSR count). The van der Waals surface area contributed by atoms with Gasteiger partial charge in [-0.15, -0.1) is 0 Å². The van der Waals surface area contributed by atoms with E-state index in [1.807, 2.05) is 0 Å². The van der Waals surface area contributed by atoms with Crippen molar-refractivity contribution in [1.29, 1.82) is 0 Å². The molecule has 0 saturated carbocycles. The van der Waals surface area contributed by atoms with E-state index in [0.717, 1.165) is 18.7 Å². The fourth-order valence-electron chi connectivity index (χ4n) is 3.75. The summed E-state index contributed by atoms with van der Waals surface area (Å²) in [6, 6.07) is 0. The van der Waals surface area contributed by atoms with Gasteiger partial charge in [0.2, 0.25) is 0 Å². The van der Waals surface area contributed by atoms with Crippen LogP contribution < -0.4 is 5.73 Å². The first-order valence-electron chi connectivity index (χ1n) is 12.3. The number of nitrogens with two attached hydrogens (primary N) is 1. The molecular weight excluding hydrogens is 362 g/mol. The number of hydrogen-bond acceptors (Lipinski definition) is 4. The van der Waals surface area contributed by atoms with Crippen LogP contribution >= 0.6 is 0 Å². The molecule has 0 spiro atoms. The number of hydrogen-bond donors (Lipinski definition) is 3. The van der Waals surface area contributed by atoms with Gasteiger partial charge in [0.15, 0.2) is 5.95 Å². The lowest BCUT2D eigenvalue weighted by atomic mass is 10.0. The van der Waals surface area contributed by atoms with Crippen molar-refractivity contribution in [3.05, 3.63) is 11.9 Å². The highest BCUT2D eigenvalue weighted by Crippen LogP contribution is 2.13. The van der Waals surface area contributed by atoms with Crippen LogP contribution in [0.3, 0.4) is 0 Å². The number of anilines is 1. The predicted octanol–water partition coefficient (Wildman–Crippen LogP) is 6.17. The second-order valence-corrected chi connectivity index (χ2v) is 8.51. The number of rotatable bonds is 21. The number of unbranched alkanes of at least 4 members (excludes halogenated alkanes) is 15. The molecule has 4 N–H and O–H groups in total. The Kier molecular flexibility index (Phi) is 16.9. The van der Waals surface area contributed by atoms with Crippen molar-refractivity contribution in [1.82, 2.24) is 9.97 Å². The van der Waals surface area contributed by atoms with E-state index in [4.69, 9.17) is 10.5 Å². The van der Waals surface area contributed by atoms with E-state index in [0.29, 0.717) is 19.0 Å². The van der Waals surface area contributed by atoms with Crippen LogP contribution in [0.2, 0.25) is 0 Å². The molecule has 170 valence electrons. The lowest BCUT2D eigenvalue weighted by Crippen LogP contribution is -2.18. The van der Waals surface area contributed by atoms with Crippen molar-refractivity contribution in [2.24, 2.45) is 0 Å². The maximum atomic E-state index is 9.93. The molecule has 0 bridgehead atoms. The summed E-state index contributed by atoms with van der Waals surface area (Å²) in [4.78, 5) is 6.90. The van der Waals surface area contributed by atoms with Crippen molar-refractivity contribution in [2.45, 2.75) is 122 Å². The van der Waals surface area contributed by atoms with Gasteiger partial charge in [0, 0.05) is 19.2 Å². The molecule has 0 fully saturated rings. The maximum Gasteiger partial charge on any atom is 0.197 e. The molecule has 1 heterocycles. The largest absolute Gasteiger partial charge is 0.390 e. The minimum Gasteiger partial charge on any atom is -0.390 e. The average Bonchev–Trinajstić information content (AvgIpc) is 3.11. The van der Waals surface area contributed by atoms with Crippen LogP contribution in [0, 0.1) is 0 Å². The third-order valence-corrected chi connectivity index (χ3v) is 5.55. The molecule has 5 nitrogen and oxygen atoms in total. The van der Waals surface area contributed by atoms with Gasteiger partial charge >= 0.3 is 0 Å². The number of imidazole rings is 1. The predicted molar refractivity (Wildman–Crippen MR) is 123 cm³/mol. The van der Waals surface area contributed by atoms with Crippen molar-refractivity contribution >= 4 is 5.95 Å². The zero-order chi connectivity index (χ0) is 21.0. The van der Waals surface area contributed by atoms with Crippen molar-refractivity contribution in [3.8, 4) is 0 Å². The summed E-state index contributed by atoms with van der Waals surface area (Å²) in [6.07, 6.45) is 23.7. The molecule has 0 amide bonds.